The summed E-state index contributed by atoms with van der Waals surface area (Å²) in [6.45, 7) is 1.76. The second kappa shape index (κ2) is 5.63. The Morgan fingerprint density at radius 3 is 2.78 bits per heavy atom. The first-order valence-electron chi connectivity index (χ1n) is 5.37. The maximum absolute atomic E-state index is 13.5. The van der Waals surface area contributed by atoms with Gasteiger partial charge in [-0.3, -0.25) is 4.79 Å². The fourth-order valence-corrected chi connectivity index (χ4v) is 2.75. The molecule has 0 saturated heterocycles. The minimum Gasteiger partial charge on any atom is -0.345 e. The van der Waals surface area contributed by atoms with Gasteiger partial charge < -0.3 is 5.32 Å². The first-order valence-corrected chi connectivity index (χ1v) is 7.04. The van der Waals surface area contributed by atoms with Crippen LogP contribution in [0.25, 0.3) is 0 Å². The fraction of sp³-hybridized carbons (Fsp3) is 0.154. The van der Waals surface area contributed by atoms with Crippen molar-refractivity contribution in [2.45, 2.75) is 13.0 Å². The minimum absolute atomic E-state index is 0.201. The van der Waals surface area contributed by atoms with Crippen molar-refractivity contribution in [1.29, 1.82) is 0 Å². The first kappa shape index (κ1) is 13.2. The molecule has 2 nitrogen and oxygen atoms in total. The van der Waals surface area contributed by atoms with Crippen LogP contribution in [0.2, 0.25) is 0 Å². The number of carbonyl (C=O) groups is 1. The molecule has 5 heteroatoms. The van der Waals surface area contributed by atoms with Gasteiger partial charge in [-0.2, -0.15) is 0 Å². The third-order valence-electron chi connectivity index (χ3n) is 2.55. The SMILES string of the molecule is CC(NC(=O)c1csc(Br)c1)c1ccccc1F. The number of hydrogen-bond acceptors (Lipinski definition) is 2. The van der Waals surface area contributed by atoms with Crippen molar-refractivity contribution in [3.8, 4) is 0 Å². The van der Waals surface area contributed by atoms with Crippen LogP contribution in [0.5, 0.6) is 0 Å². The molecule has 0 aliphatic heterocycles. The second-order valence-corrected chi connectivity index (χ2v) is 6.15. The summed E-state index contributed by atoms with van der Waals surface area (Å²) in [5, 5.41) is 4.53. The van der Waals surface area contributed by atoms with Crippen molar-refractivity contribution in [2.24, 2.45) is 0 Å². The van der Waals surface area contributed by atoms with Crippen LogP contribution in [0, 0.1) is 5.82 Å². The van der Waals surface area contributed by atoms with Crippen molar-refractivity contribution in [1.82, 2.24) is 5.32 Å². The number of carbonyl (C=O) groups excluding carboxylic acids is 1. The molecule has 2 aromatic rings. The van der Waals surface area contributed by atoms with E-state index >= 15 is 0 Å². The van der Waals surface area contributed by atoms with Crippen LogP contribution >= 0.6 is 27.3 Å². The maximum atomic E-state index is 13.5. The lowest BCUT2D eigenvalue weighted by Gasteiger charge is -2.14. The van der Waals surface area contributed by atoms with Gasteiger partial charge in [0, 0.05) is 10.9 Å². The third-order valence-corrected chi connectivity index (χ3v) is 4.05. The summed E-state index contributed by atoms with van der Waals surface area (Å²) < 4.78 is 14.4. The molecule has 2 rings (SSSR count). The molecule has 1 atom stereocenters. The Kier molecular flexibility index (Phi) is 4.14. The van der Waals surface area contributed by atoms with E-state index in [1.807, 2.05) is 0 Å². The van der Waals surface area contributed by atoms with Crippen molar-refractivity contribution in [3.05, 3.63) is 56.4 Å². The maximum Gasteiger partial charge on any atom is 0.252 e. The largest absolute Gasteiger partial charge is 0.345 e. The van der Waals surface area contributed by atoms with Gasteiger partial charge in [-0.25, -0.2) is 4.39 Å². The molecule has 1 N–H and O–H groups in total. The van der Waals surface area contributed by atoms with Crippen LogP contribution in [0.3, 0.4) is 0 Å². The molecule has 0 spiro atoms. The Morgan fingerprint density at radius 2 is 2.17 bits per heavy atom. The Hall–Kier alpha value is -1.20. The van der Waals surface area contributed by atoms with Gasteiger partial charge in [-0.1, -0.05) is 18.2 Å². The number of amides is 1. The minimum atomic E-state index is -0.364. The van der Waals surface area contributed by atoms with Gasteiger partial charge in [0.25, 0.3) is 5.91 Å². The van der Waals surface area contributed by atoms with E-state index < -0.39 is 0 Å². The van der Waals surface area contributed by atoms with Crippen LogP contribution in [-0.2, 0) is 0 Å². The lowest BCUT2D eigenvalue weighted by Crippen LogP contribution is -2.26. The molecule has 1 aromatic carbocycles. The third kappa shape index (κ3) is 2.97. The van der Waals surface area contributed by atoms with E-state index in [9.17, 15) is 9.18 Å². The van der Waals surface area contributed by atoms with Crippen molar-refractivity contribution < 1.29 is 9.18 Å². The molecule has 0 fully saturated rings. The topological polar surface area (TPSA) is 29.1 Å². The van der Waals surface area contributed by atoms with E-state index in [2.05, 4.69) is 21.2 Å². The highest BCUT2D eigenvalue weighted by atomic mass is 79.9. The van der Waals surface area contributed by atoms with Crippen molar-refractivity contribution in [2.75, 3.05) is 0 Å². The van der Waals surface area contributed by atoms with Crippen LogP contribution in [0.4, 0.5) is 4.39 Å². The Morgan fingerprint density at radius 1 is 1.44 bits per heavy atom. The monoisotopic (exact) mass is 327 g/mol. The van der Waals surface area contributed by atoms with Gasteiger partial charge in [-0.15, -0.1) is 11.3 Å². The van der Waals surface area contributed by atoms with Crippen molar-refractivity contribution >= 4 is 33.2 Å². The quantitative estimate of drug-likeness (QED) is 0.901. The average molecular weight is 328 g/mol. The molecular weight excluding hydrogens is 317 g/mol. The van der Waals surface area contributed by atoms with E-state index in [0.717, 1.165) is 3.79 Å². The van der Waals surface area contributed by atoms with Crippen LogP contribution in [-0.4, -0.2) is 5.91 Å². The molecule has 1 heterocycles. The second-order valence-electron chi connectivity index (χ2n) is 3.86. The molecule has 0 aliphatic carbocycles. The highest BCUT2D eigenvalue weighted by Crippen LogP contribution is 2.22. The highest BCUT2D eigenvalue weighted by molar-refractivity contribution is 9.11. The number of nitrogens with one attached hydrogen (secondary N) is 1. The molecule has 1 unspecified atom stereocenters. The van der Waals surface area contributed by atoms with Gasteiger partial charge >= 0.3 is 0 Å². The summed E-state index contributed by atoms with van der Waals surface area (Å²) in [5.74, 6) is -0.510. The van der Waals surface area contributed by atoms with Crippen LogP contribution in [0.1, 0.15) is 28.9 Å². The molecule has 0 aliphatic rings. The van der Waals surface area contributed by atoms with E-state index in [1.54, 1.807) is 36.6 Å². The Balaban J connectivity index is 2.10. The molecule has 0 bridgehead atoms. The van der Waals surface area contributed by atoms with E-state index in [0.29, 0.717) is 11.1 Å². The highest BCUT2D eigenvalue weighted by Gasteiger charge is 2.15. The molecule has 94 valence electrons. The smallest absolute Gasteiger partial charge is 0.252 e. The number of halogens is 2. The lowest BCUT2D eigenvalue weighted by atomic mass is 10.1. The van der Waals surface area contributed by atoms with E-state index in [1.165, 1.54) is 17.4 Å². The number of hydrogen-bond donors (Lipinski definition) is 1. The van der Waals surface area contributed by atoms with Crippen LogP contribution in [0.15, 0.2) is 39.5 Å². The molecule has 0 radical (unpaired) electrons. The van der Waals surface area contributed by atoms with Crippen molar-refractivity contribution in [3.63, 3.8) is 0 Å². The van der Waals surface area contributed by atoms with Gasteiger partial charge in [0.15, 0.2) is 0 Å². The summed E-state index contributed by atoms with van der Waals surface area (Å²) in [6, 6.07) is 7.82. The van der Waals surface area contributed by atoms with Gasteiger partial charge in [-0.05, 0) is 35.0 Å². The summed E-state index contributed by atoms with van der Waals surface area (Å²) in [5.41, 5.74) is 1.07. The summed E-state index contributed by atoms with van der Waals surface area (Å²) in [4.78, 5) is 11.9. The molecular formula is C13H11BrFNOS. The Labute approximate surface area is 117 Å². The normalized spacial score (nSPS) is 12.2. The van der Waals surface area contributed by atoms with Gasteiger partial charge in [0.1, 0.15) is 5.82 Å². The number of rotatable bonds is 3. The molecule has 0 saturated carbocycles. The van der Waals surface area contributed by atoms with Crippen LogP contribution < -0.4 is 5.32 Å². The predicted octanol–water partition coefficient (Wildman–Crippen LogP) is 4.14. The predicted molar refractivity (Wildman–Crippen MR) is 74.3 cm³/mol. The summed E-state index contributed by atoms with van der Waals surface area (Å²) in [7, 11) is 0. The molecule has 18 heavy (non-hydrogen) atoms. The number of benzene rings is 1. The zero-order valence-electron chi connectivity index (χ0n) is 9.61. The summed E-state index contributed by atoms with van der Waals surface area (Å²) in [6.07, 6.45) is 0. The Bertz CT molecular complexity index is 570. The first-order chi connectivity index (χ1) is 8.58. The number of thiophene rings is 1. The lowest BCUT2D eigenvalue weighted by molar-refractivity contribution is 0.0940. The van der Waals surface area contributed by atoms with Gasteiger partial charge in [0.05, 0.1) is 15.4 Å². The molecule has 1 amide bonds. The summed E-state index contributed by atoms with van der Waals surface area (Å²) >= 11 is 4.74. The fourth-order valence-electron chi connectivity index (χ4n) is 1.61. The average Bonchev–Trinajstić information content (AvgIpc) is 2.76. The molecule has 1 aromatic heterocycles. The standard InChI is InChI=1S/C13H11BrFNOS/c1-8(10-4-2-3-5-11(10)15)16-13(17)9-6-12(14)18-7-9/h2-8H,1H3,(H,16,17). The zero-order chi connectivity index (χ0) is 13.1. The van der Waals surface area contributed by atoms with Gasteiger partial charge in [0.2, 0.25) is 0 Å². The van der Waals surface area contributed by atoms with E-state index in [4.69, 9.17) is 0 Å². The van der Waals surface area contributed by atoms with E-state index in [-0.39, 0.29) is 17.8 Å². The zero-order valence-corrected chi connectivity index (χ0v) is 12.0.